The minimum atomic E-state index is 0.604. The first-order valence-electron chi connectivity index (χ1n) is 22.9. The maximum atomic E-state index is 7.17. The first kappa shape index (κ1) is 39.2. The van der Waals surface area contributed by atoms with Gasteiger partial charge in [-0.25, -0.2) is 15.0 Å². The molecule has 0 aliphatic rings. The molecule has 13 rings (SSSR count). The summed E-state index contributed by atoms with van der Waals surface area (Å²) in [5, 5.41) is 8.80. The molecule has 13 aromatic rings. The standard InChI is InChI=1S/C63H40N4O/c1-5-18-41(19-6-1)45-32-34-59-55(37-45)50-29-14-13-28-49(50)52-39-54-51-30-15-16-31-57(51)67(58(54)40-53(52)56-38-46(33-35-60(56)68-59)42-20-7-2-8-21-42)48-27-17-26-47(36-48)63-65-61(43-22-9-3-10-23-43)64-62(66-63)44-24-11-4-12-25-44/h1-40H. The van der Waals surface area contributed by atoms with Crippen LogP contribution in [0.4, 0.5) is 0 Å². The summed E-state index contributed by atoms with van der Waals surface area (Å²) in [5.74, 6) is 1.86. The lowest BCUT2D eigenvalue weighted by Crippen LogP contribution is -2.01. The smallest absolute Gasteiger partial charge is 0.164 e. The molecule has 5 heteroatoms. The molecule has 0 saturated heterocycles. The number of benzene rings is 10. The number of fused-ring (bicyclic) bond motifs is 10. The molecule has 0 bridgehead atoms. The van der Waals surface area contributed by atoms with E-state index in [4.69, 9.17) is 19.4 Å². The van der Waals surface area contributed by atoms with Crippen molar-refractivity contribution in [2.45, 2.75) is 0 Å². The number of nitrogens with zero attached hydrogens (tertiary/aromatic N) is 4. The molecule has 0 N–H and O–H groups in total. The Balaban J connectivity index is 1.12. The van der Waals surface area contributed by atoms with Gasteiger partial charge in [-0.3, -0.25) is 0 Å². The van der Waals surface area contributed by atoms with Gasteiger partial charge in [-0.2, -0.15) is 0 Å². The monoisotopic (exact) mass is 868 g/mol. The number of hydrogen-bond donors (Lipinski definition) is 0. The van der Waals surface area contributed by atoms with Crippen LogP contribution in [0.15, 0.2) is 247 Å². The SMILES string of the molecule is c1ccc(-c2ccc3oc4ccc(-c5ccccc5)cc4c4cc5c(cc4c4ccccc4c3c2)c2ccccc2n5-c2cccc(-c3nc(-c4ccccc4)nc(-c4ccccc4)n3)c2)cc1. The third-order valence-electron chi connectivity index (χ3n) is 13.1. The summed E-state index contributed by atoms with van der Waals surface area (Å²) in [4.78, 5) is 15.2. The molecular weight excluding hydrogens is 829 g/mol. The molecule has 318 valence electrons. The van der Waals surface area contributed by atoms with E-state index in [9.17, 15) is 0 Å². The zero-order chi connectivity index (χ0) is 45.0. The molecule has 3 heterocycles. The van der Waals surface area contributed by atoms with Gasteiger partial charge in [0, 0.05) is 43.9 Å². The summed E-state index contributed by atoms with van der Waals surface area (Å²) in [7, 11) is 0. The second kappa shape index (κ2) is 16.4. The first-order valence-corrected chi connectivity index (χ1v) is 22.9. The lowest BCUT2D eigenvalue weighted by Gasteiger charge is -2.12. The molecule has 0 unspecified atom stereocenters. The summed E-state index contributed by atoms with van der Waals surface area (Å²) < 4.78 is 9.55. The molecule has 0 atom stereocenters. The van der Waals surface area contributed by atoms with Gasteiger partial charge in [0.05, 0.1) is 11.0 Å². The fourth-order valence-electron chi connectivity index (χ4n) is 9.81. The quantitative estimate of drug-likeness (QED) is 0.167. The van der Waals surface area contributed by atoms with Crippen LogP contribution in [-0.2, 0) is 0 Å². The fourth-order valence-corrected chi connectivity index (χ4v) is 9.81. The van der Waals surface area contributed by atoms with Crippen LogP contribution in [0.5, 0.6) is 0 Å². The number of para-hydroxylation sites is 1. The van der Waals surface area contributed by atoms with Gasteiger partial charge in [0.25, 0.3) is 0 Å². The van der Waals surface area contributed by atoms with Crippen LogP contribution in [0.3, 0.4) is 0 Å². The normalized spacial score (nSPS) is 11.5. The number of rotatable bonds is 6. The van der Waals surface area contributed by atoms with Crippen LogP contribution in [0.25, 0.3) is 127 Å². The molecule has 5 nitrogen and oxygen atoms in total. The van der Waals surface area contributed by atoms with E-state index < -0.39 is 0 Å². The van der Waals surface area contributed by atoms with Crippen molar-refractivity contribution in [2.75, 3.05) is 0 Å². The molecule has 0 saturated carbocycles. The Labute approximate surface area is 392 Å². The summed E-state index contributed by atoms with van der Waals surface area (Å²) >= 11 is 0. The Morgan fingerprint density at radius 1 is 0.250 bits per heavy atom. The van der Waals surface area contributed by atoms with Gasteiger partial charge in [0.1, 0.15) is 11.2 Å². The molecule has 3 aromatic heterocycles. The zero-order valence-corrected chi connectivity index (χ0v) is 36.8. The third-order valence-corrected chi connectivity index (χ3v) is 13.1. The Bertz CT molecular complexity index is 4070. The Morgan fingerprint density at radius 3 is 1.26 bits per heavy atom. The number of aromatic nitrogens is 4. The van der Waals surface area contributed by atoms with E-state index in [2.05, 4.69) is 187 Å². The van der Waals surface area contributed by atoms with Crippen LogP contribution >= 0.6 is 0 Å². The highest BCUT2D eigenvalue weighted by Gasteiger charge is 2.19. The van der Waals surface area contributed by atoms with Crippen molar-refractivity contribution in [3.8, 4) is 62.1 Å². The van der Waals surface area contributed by atoms with E-state index >= 15 is 0 Å². The third kappa shape index (κ3) is 6.84. The van der Waals surface area contributed by atoms with Crippen LogP contribution in [0, 0.1) is 0 Å². The Hall–Kier alpha value is -9.19. The van der Waals surface area contributed by atoms with E-state index in [-0.39, 0.29) is 0 Å². The summed E-state index contributed by atoms with van der Waals surface area (Å²) in [5.41, 5.74) is 12.1. The Kier molecular flexibility index (Phi) is 9.43. The number of hydrogen-bond acceptors (Lipinski definition) is 4. The second-order valence-corrected chi connectivity index (χ2v) is 17.2. The molecule has 0 radical (unpaired) electrons. The van der Waals surface area contributed by atoms with Gasteiger partial charge in [0.2, 0.25) is 0 Å². The van der Waals surface area contributed by atoms with E-state index in [1.807, 2.05) is 60.7 Å². The predicted octanol–water partition coefficient (Wildman–Crippen LogP) is 16.6. The highest BCUT2D eigenvalue weighted by atomic mass is 16.3. The minimum Gasteiger partial charge on any atom is -0.456 e. The van der Waals surface area contributed by atoms with Crippen molar-refractivity contribution < 1.29 is 4.42 Å². The molecule has 0 amide bonds. The molecular formula is C63H40N4O. The average Bonchev–Trinajstić information content (AvgIpc) is 3.76. The largest absolute Gasteiger partial charge is 0.456 e. The molecule has 68 heavy (non-hydrogen) atoms. The molecule has 0 aliphatic carbocycles. The average molecular weight is 869 g/mol. The summed E-state index contributed by atoms with van der Waals surface area (Å²) in [6.45, 7) is 0. The molecule has 0 spiro atoms. The van der Waals surface area contributed by atoms with Crippen molar-refractivity contribution in [3.05, 3.63) is 243 Å². The van der Waals surface area contributed by atoms with Crippen LogP contribution in [0.1, 0.15) is 0 Å². The van der Waals surface area contributed by atoms with Gasteiger partial charge in [-0.05, 0) is 98.4 Å². The van der Waals surface area contributed by atoms with Crippen molar-refractivity contribution in [2.24, 2.45) is 0 Å². The molecule has 0 fully saturated rings. The predicted molar refractivity (Wildman–Crippen MR) is 281 cm³/mol. The maximum Gasteiger partial charge on any atom is 0.164 e. The van der Waals surface area contributed by atoms with Crippen molar-refractivity contribution in [1.82, 2.24) is 19.5 Å². The van der Waals surface area contributed by atoms with Gasteiger partial charge in [-0.1, -0.05) is 188 Å². The Morgan fingerprint density at radius 2 is 0.691 bits per heavy atom. The maximum absolute atomic E-state index is 7.17. The fraction of sp³-hybridized carbons (Fsp3) is 0. The first-order chi connectivity index (χ1) is 33.7. The van der Waals surface area contributed by atoms with E-state index in [1.54, 1.807) is 0 Å². The minimum absolute atomic E-state index is 0.604. The van der Waals surface area contributed by atoms with Crippen molar-refractivity contribution in [1.29, 1.82) is 0 Å². The van der Waals surface area contributed by atoms with Gasteiger partial charge in [0.15, 0.2) is 17.5 Å². The van der Waals surface area contributed by atoms with Crippen LogP contribution in [-0.4, -0.2) is 19.5 Å². The van der Waals surface area contributed by atoms with E-state index in [1.165, 1.54) is 0 Å². The van der Waals surface area contributed by atoms with E-state index in [0.29, 0.717) is 17.5 Å². The zero-order valence-electron chi connectivity index (χ0n) is 36.8. The lowest BCUT2D eigenvalue weighted by molar-refractivity contribution is 0.663. The molecule has 0 aliphatic heterocycles. The van der Waals surface area contributed by atoms with Gasteiger partial charge in [-0.15, -0.1) is 0 Å². The lowest BCUT2D eigenvalue weighted by atomic mass is 9.97. The van der Waals surface area contributed by atoms with Gasteiger partial charge < -0.3 is 8.98 Å². The van der Waals surface area contributed by atoms with Crippen molar-refractivity contribution >= 4 is 65.3 Å². The second-order valence-electron chi connectivity index (χ2n) is 17.2. The van der Waals surface area contributed by atoms with Crippen LogP contribution in [0.2, 0.25) is 0 Å². The molecule has 10 aromatic carbocycles. The van der Waals surface area contributed by atoms with Gasteiger partial charge >= 0.3 is 0 Å². The highest BCUT2D eigenvalue weighted by Crippen LogP contribution is 2.41. The van der Waals surface area contributed by atoms with Crippen LogP contribution < -0.4 is 0 Å². The summed E-state index contributed by atoms with van der Waals surface area (Å²) in [6.07, 6.45) is 0. The highest BCUT2D eigenvalue weighted by molar-refractivity contribution is 6.24. The van der Waals surface area contributed by atoms with E-state index in [0.717, 1.165) is 110 Å². The topological polar surface area (TPSA) is 56.7 Å². The summed E-state index contributed by atoms with van der Waals surface area (Å²) in [6, 6.07) is 85.4. The van der Waals surface area contributed by atoms with Crippen molar-refractivity contribution in [3.63, 3.8) is 0 Å².